The molecule has 0 unspecified atom stereocenters. The average Bonchev–Trinajstić information content (AvgIpc) is 2.37. The molecule has 3 nitrogen and oxygen atoms in total. The monoisotopic (exact) mass is 276 g/mol. The lowest BCUT2D eigenvalue weighted by molar-refractivity contribution is -0.291. The van der Waals surface area contributed by atoms with Crippen LogP contribution in [0.1, 0.15) is 30.1 Å². The lowest BCUT2D eigenvalue weighted by Crippen LogP contribution is -2.36. The van der Waals surface area contributed by atoms with Gasteiger partial charge >= 0.3 is 12.1 Å². The molecule has 0 N–H and O–H groups in total. The Morgan fingerprint density at radius 1 is 1.26 bits per heavy atom. The first kappa shape index (κ1) is 15.5. The number of ether oxygens (including phenoxy) is 2. The fourth-order valence-corrected chi connectivity index (χ4v) is 1.27. The number of carbonyl (C=O) groups is 1. The molecule has 19 heavy (non-hydrogen) atoms. The number of halogens is 3. The van der Waals surface area contributed by atoms with Crippen molar-refractivity contribution in [3.8, 4) is 0 Å². The fraction of sp³-hybridized carbons (Fsp3) is 0.462. The quantitative estimate of drug-likeness (QED) is 0.453. The Hall–Kier alpha value is -1.56. The molecule has 6 heteroatoms. The first-order chi connectivity index (χ1) is 8.95. The van der Waals surface area contributed by atoms with E-state index in [1.165, 1.54) is 24.3 Å². The van der Waals surface area contributed by atoms with Gasteiger partial charge in [0.1, 0.15) is 0 Å². The number of esters is 1. The van der Waals surface area contributed by atoms with E-state index >= 15 is 0 Å². The zero-order valence-electron chi connectivity index (χ0n) is 10.4. The van der Waals surface area contributed by atoms with Crippen LogP contribution in [-0.2, 0) is 9.47 Å². The maximum Gasteiger partial charge on any atom is 0.452 e. The molecule has 0 fully saturated rings. The summed E-state index contributed by atoms with van der Waals surface area (Å²) < 4.78 is 46.8. The second kappa shape index (κ2) is 7.13. The molecule has 0 bridgehead atoms. The second-order valence-corrected chi connectivity index (χ2v) is 3.87. The third-order valence-corrected chi connectivity index (χ3v) is 2.26. The van der Waals surface area contributed by atoms with Crippen molar-refractivity contribution in [2.45, 2.75) is 32.2 Å². The molecule has 0 spiro atoms. The van der Waals surface area contributed by atoms with E-state index in [0.717, 1.165) is 0 Å². The van der Waals surface area contributed by atoms with Crippen molar-refractivity contribution in [3.63, 3.8) is 0 Å². The summed E-state index contributed by atoms with van der Waals surface area (Å²) in [5.74, 6) is -1.06. The van der Waals surface area contributed by atoms with Crippen LogP contribution in [0.4, 0.5) is 13.2 Å². The van der Waals surface area contributed by atoms with Crippen molar-refractivity contribution in [1.82, 2.24) is 0 Å². The van der Waals surface area contributed by atoms with Crippen LogP contribution in [0, 0.1) is 0 Å². The molecule has 106 valence electrons. The van der Waals surface area contributed by atoms with E-state index in [1.807, 2.05) is 6.92 Å². The lowest BCUT2D eigenvalue weighted by Gasteiger charge is -2.20. The van der Waals surface area contributed by atoms with Gasteiger partial charge in [0.2, 0.25) is 0 Å². The van der Waals surface area contributed by atoms with E-state index in [4.69, 9.17) is 0 Å². The summed E-state index contributed by atoms with van der Waals surface area (Å²) in [7, 11) is 0. The van der Waals surface area contributed by atoms with Crippen LogP contribution in [0.5, 0.6) is 0 Å². The molecule has 0 aliphatic heterocycles. The van der Waals surface area contributed by atoms with Gasteiger partial charge in [-0.3, -0.25) is 0 Å². The molecule has 1 aromatic rings. The Morgan fingerprint density at radius 3 is 2.42 bits per heavy atom. The molecule has 1 atom stereocenters. The smallest absolute Gasteiger partial charge is 0.422 e. The lowest BCUT2D eigenvalue weighted by atomic mass is 10.2. The Labute approximate surface area is 109 Å². The van der Waals surface area contributed by atoms with Crippen molar-refractivity contribution in [1.29, 1.82) is 0 Å². The van der Waals surface area contributed by atoms with Gasteiger partial charge in [-0.2, -0.15) is 13.2 Å². The van der Waals surface area contributed by atoms with Gasteiger partial charge in [0.15, 0.2) is 0 Å². The van der Waals surface area contributed by atoms with Crippen LogP contribution in [0.25, 0.3) is 0 Å². The molecule has 0 saturated heterocycles. The Kier molecular flexibility index (Phi) is 5.82. The molecular formula is C13H15F3O3. The minimum atomic E-state index is -4.74. The fourth-order valence-electron chi connectivity index (χ4n) is 1.27. The van der Waals surface area contributed by atoms with Crippen LogP contribution in [0.2, 0.25) is 0 Å². The van der Waals surface area contributed by atoms with E-state index in [-0.39, 0.29) is 12.2 Å². The number of carbonyl (C=O) groups excluding carboxylic acids is 1. The standard InChI is InChI=1S/C13H15F3O3/c1-2-3-9-18-12(13(14,15)16)19-11(17)10-7-5-4-6-8-10/h4-8,12H,2-3,9H2,1H3/t12-/m0/s1. The van der Waals surface area contributed by atoms with Crippen LogP contribution < -0.4 is 0 Å². The van der Waals surface area contributed by atoms with Crippen LogP contribution in [-0.4, -0.2) is 25.0 Å². The summed E-state index contributed by atoms with van der Waals surface area (Å²) >= 11 is 0. The highest BCUT2D eigenvalue weighted by molar-refractivity contribution is 5.89. The van der Waals surface area contributed by atoms with Crippen LogP contribution >= 0.6 is 0 Å². The molecule has 0 aliphatic carbocycles. The predicted octanol–water partition coefficient (Wildman–Crippen LogP) is 3.55. The van der Waals surface area contributed by atoms with E-state index in [9.17, 15) is 18.0 Å². The van der Waals surface area contributed by atoms with Crippen molar-refractivity contribution >= 4 is 5.97 Å². The molecule has 0 saturated carbocycles. The zero-order chi connectivity index (χ0) is 14.3. The number of alkyl halides is 3. The Balaban J connectivity index is 2.64. The van der Waals surface area contributed by atoms with Gasteiger partial charge in [0.05, 0.1) is 12.2 Å². The van der Waals surface area contributed by atoms with Gasteiger partial charge in [0.25, 0.3) is 6.29 Å². The van der Waals surface area contributed by atoms with Crippen molar-refractivity contribution in [2.24, 2.45) is 0 Å². The summed E-state index contributed by atoms with van der Waals surface area (Å²) in [4.78, 5) is 11.5. The number of unbranched alkanes of at least 4 members (excludes halogenated alkanes) is 1. The van der Waals surface area contributed by atoms with E-state index in [0.29, 0.717) is 12.8 Å². The van der Waals surface area contributed by atoms with Crippen molar-refractivity contribution in [2.75, 3.05) is 6.61 Å². The van der Waals surface area contributed by atoms with E-state index in [1.54, 1.807) is 6.07 Å². The Bertz CT molecular complexity index is 390. The average molecular weight is 276 g/mol. The minimum Gasteiger partial charge on any atom is -0.422 e. The summed E-state index contributed by atoms with van der Waals surface area (Å²) in [5.41, 5.74) is 0.0517. The third-order valence-electron chi connectivity index (χ3n) is 2.26. The molecule has 0 heterocycles. The van der Waals surface area contributed by atoms with E-state index < -0.39 is 18.4 Å². The summed E-state index contributed by atoms with van der Waals surface area (Å²) in [6.45, 7) is 1.71. The highest BCUT2D eigenvalue weighted by Crippen LogP contribution is 2.25. The first-order valence-electron chi connectivity index (χ1n) is 5.89. The SMILES string of the molecule is CCCCO[C@@H](OC(=O)c1ccccc1)C(F)(F)F. The number of rotatable bonds is 6. The predicted molar refractivity (Wildman–Crippen MR) is 62.6 cm³/mol. The second-order valence-electron chi connectivity index (χ2n) is 3.87. The largest absolute Gasteiger partial charge is 0.452 e. The number of hydrogen-bond donors (Lipinski definition) is 0. The zero-order valence-corrected chi connectivity index (χ0v) is 10.4. The van der Waals surface area contributed by atoms with Gasteiger partial charge in [-0.1, -0.05) is 31.5 Å². The molecule has 1 rings (SSSR count). The molecular weight excluding hydrogens is 261 g/mol. The molecule has 0 radical (unpaired) electrons. The number of benzene rings is 1. The molecule has 0 aromatic heterocycles. The summed E-state index contributed by atoms with van der Waals surface area (Å²) in [5, 5.41) is 0. The normalized spacial score (nSPS) is 13.1. The van der Waals surface area contributed by atoms with Gasteiger partial charge in [-0.15, -0.1) is 0 Å². The van der Waals surface area contributed by atoms with Gasteiger partial charge in [0, 0.05) is 0 Å². The van der Waals surface area contributed by atoms with Crippen molar-refractivity contribution < 1.29 is 27.4 Å². The van der Waals surface area contributed by atoms with Gasteiger partial charge in [-0.05, 0) is 18.6 Å². The molecule has 0 aliphatic rings. The topological polar surface area (TPSA) is 35.5 Å². The maximum atomic E-state index is 12.6. The highest BCUT2D eigenvalue weighted by Gasteiger charge is 2.44. The summed E-state index contributed by atoms with van der Waals surface area (Å²) in [6, 6.07) is 7.48. The molecule has 1 aromatic carbocycles. The van der Waals surface area contributed by atoms with Crippen LogP contribution in [0.15, 0.2) is 30.3 Å². The minimum absolute atomic E-state index is 0.0517. The van der Waals surface area contributed by atoms with Gasteiger partial charge in [-0.25, -0.2) is 4.79 Å². The summed E-state index contributed by atoms with van der Waals surface area (Å²) in [6.07, 6.45) is -6.10. The third kappa shape index (κ3) is 5.30. The highest BCUT2D eigenvalue weighted by atomic mass is 19.4. The molecule has 0 amide bonds. The van der Waals surface area contributed by atoms with Crippen LogP contribution in [0.3, 0.4) is 0 Å². The number of hydrogen-bond acceptors (Lipinski definition) is 3. The van der Waals surface area contributed by atoms with E-state index in [2.05, 4.69) is 9.47 Å². The Morgan fingerprint density at radius 2 is 1.89 bits per heavy atom. The van der Waals surface area contributed by atoms with Crippen molar-refractivity contribution in [3.05, 3.63) is 35.9 Å². The van der Waals surface area contributed by atoms with Gasteiger partial charge < -0.3 is 9.47 Å². The maximum absolute atomic E-state index is 12.6. The first-order valence-corrected chi connectivity index (χ1v) is 5.89.